The average Bonchev–Trinajstić information content (AvgIpc) is 3.28. The van der Waals surface area contributed by atoms with E-state index in [2.05, 4.69) is 14.7 Å². The third kappa shape index (κ3) is 3.45. The van der Waals surface area contributed by atoms with Crippen molar-refractivity contribution in [1.29, 1.82) is 0 Å². The van der Waals surface area contributed by atoms with Gasteiger partial charge in [-0.2, -0.15) is 0 Å². The van der Waals surface area contributed by atoms with E-state index in [9.17, 15) is 18.0 Å². The van der Waals surface area contributed by atoms with Crippen molar-refractivity contribution in [3.05, 3.63) is 58.5 Å². The molecule has 1 aliphatic heterocycles. The number of carbonyl (C=O) groups excluding carboxylic acids is 1. The monoisotopic (exact) mass is 386 g/mol. The van der Waals surface area contributed by atoms with Crippen LogP contribution in [0, 0.1) is 0 Å². The molecule has 1 aromatic heterocycles. The average molecular weight is 386 g/mol. The summed E-state index contributed by atoms with van der Waals surface area (Å²) in [6.45, 7) is 1.45. The molecule has 0 saturated carbocycles. The molecule has 1 saturated heterocycles. The first kappa shape index (κ1) is 17.3. The molecule has 0 spiro atoms. The Bertz CT molecular complexity index is 1170. The molecular formula is C18H18N4O4S. The Kier molecular flexibility index (Phi) is 4.23. The number of rotatable bonds is 4. The number of hydrogen-bond acceptors (Lipinski definition) is 4. The SMILES string of the molecule is O=C(c1cccc(NS(=O)(=O)c2ccc3[nH]c(=O)[nH]c3c2)c1)N1CCCC1. The largest absolute Gasteiger partial charge is 0.339 e. The van der Waals surface area contributed by atoms with Gasteiger partial charge in [0.2, 0.25) is 0 Å². The summed E-state index contributed by atoms with van der Waals surface area (Å²) in [5, 5.41) is 0. The van der Waals surface area contributed by atoms with Gasteiger partial charge in [0.05, 0.1) is 15.9 Å². The number of hydrogen-bond donors (Lipinski definition) is 3. The highest BCUT2D eigenvalue weighted by atomic mass is 32.2. The third-order valence-corrected chi connectivity index (χ3v) is 5.93. The molecule has 1 fully saturated rings. The number of carbonyl (C=O) groups is 1. The van der Waals surface area contributed by atoms with Crippen molar-refractivity contribution in [1.82, 2.24) is 14.9 Å². The topological polar surface area (TPSA) is 115 Å². The molecule has 2 aromatic carbocycles. The second kappa shape index (κ2) is 6.58. The van der Waals surface area contributed by atoms with Crippen LogP contribution >= 0.6 is 0 Å². The molecule has 0 radical (unpaired) electrons. The normalized spacial score (nSPS) is 14.6. The van der Waals surface area contributed by atoms with Crippen LogP contribution in [0.15, 0.2) is 52.2 Å². The summed E-state index contributed by atoms with van der Waals surface area (Å²) in [6.07, 6.45) is 1.98. The van der Waals surface area contributed by atoms with Gasteiger partial charge in [0.1, 0.15) is 0 Å². The quantitative estimate of drug-likeness (QED) is 0.635. The minimum atomic E-state index is -3.87. The van der Waals surface area contributed by atoms with Gasteiger partial charge in [-0.05, 0) is 49.2 Å². The van der Waals surface area contributed by atoms with E-state index in [1.165, 1.54) is 24.3 Å². The van der Waals surface area contributed by atoms with Gasteiger partial charge in [0, 0.05) is 24.3 Å². The number of benzene rings is 2. The molecular weight excluding hydrogens is 368 g/mol. The number of aromatic nitrogens is 2. The molecule has 0 unspecified atom stereocenters. The summed E-state index contributed by atoms with van der Waals surface area (Å²) < 4.78 is 27.9. The number of fused-ring (bicyclic) bond motifs is 1. The van der Waals surface area contributed by atoms with Crippen molar-refractivity contribution in [2.75, 3.05) is 17.8 Å². The van der Waals surface area contributed by atoms with Crippen LogP contribution < -0.4 is 10.4 Å². The third-order valence-electron chi connectivity index (χ3n) is 4.55. The van der Waals surface area contributed by atoms with Crippen molar-refractivity contribution >= 4 is 32.7 Å². The Morgan fingerprint density at radius 1 is 1.00 bits per heavy atom. The molecule has 0 bridgehead atoms. The number of imidazole rings is 1. The van der Waals surface area contributed by atoms with Crippen LogP contribution in [0.3, 0.4) is 0 Å². The predicted molar refractivity (Wildman–Crippen MR) is 101 cm³/mol. The fraction of sp³-hybridized carbons (Fsp3) is 0.222. The van der Waals surface area contributed by atoms with Crippen LogP contribution in [0.4, 0.5) is 5.69 Å². The van der Waals surface area contributed by atoms with E-state index in [0.29, 0.717) is 22.3 Å². The number of amides is 1. The maximum Gasteiger partial charge on any atom is 0.323 e. The number of nitrogens with zero attached hydrogens (tertiary/aromatic N) is 1. The summed E-state index contributed by atoms with van der Waals surface area (Å²) in [6, 6.07) is 10.8. The lowest BCUT2D eigenvalue weighted by atomic mass is 10.2. The van der Waals surface area contributed by atoms with Gasteiger partial charge >= 0.3 is 5.69 Å². The second-order valence-corrected chi connectivity index (χ2v) is 8.15. The second-order valence-electron chi connectivity index (χ2n) is 6.47. The number of aromatic amines is 2. The maximum atomic E-state index is 12.7. The van der Waals surface area contributed by atoms with E-state index in [1.807, 2.05) is 0 Å². The molecule has 3 aromatic rings. The van der Waals surface area contributed by atoms with Gasteiger partial charge in [-0.1, -0.05) is 6.07 Å². The Morgan fingerprint density at radius 2 is 1.74 bits per heavy atom. The molecule has 9 heteroatoms. The van der Waals surface area contributed by atoms with Crippen LogP contribution in [-0.4, -0.2) is 42.3 Å². The predicted octanol–water partition coefficient (Wildman–Crippen LogP) is 1.89. The Labute approximate surface area is 155 Å². The molecule has 3 N–H and O–H groups in total. The molecule has 140 valence electrons. The zero-order valence-electron chi connectivity index (χ0n) is 14.4. The number of sulfonamides is 1. The van der Waals surface area contributed by atoms with Crippen molar-refractivity contribution in [2.45, 2.75) is 17.7 Å². The van der Waals surface area contributed by atoms with Crippen LogP contribution in [0.5, 0.6) is 0 Å². The van der Waals surface area contributed by atoms with Gasteiger partial charge in [0.15, 0.2) is 0 Å². The number of nitrogens with one attached hydrogen (secondary N) is 3. The summed E-state index contributed by atoms with van der Waals surface area (Å²) in [5.74, 6) is -0.0973. The molecule has 27 heavy (non-hydrogen) atoms. The number of anilines is 1. The molecule has 8 nitrogen and oxygen atoms in total. The summed E-state index contributed by atoms with van der Waals surface area (Å²) in [5.41, 5.74) is 1.28. The fourth-order valence-corrected chi connectivity index (χ4v) is 4.29. The standard InChI is InChI=1S/C18H18N4O4S/c23-17(22-8-1-2-9-22)12-4-3-5-13(10-12)21-27(25,26)14-6-7-15-16(11-14)20-18(24)19-15/h3-7,10-11,21H,1-2,8-9H2,(H2,19,20,24). The highest BCUT2D eigenvalue weighted by molar-refractivity contribution is 7.92. The van der Waals surface area contributed by atoms with E-state index in [4.69, 9.17) is 0 Å². The van der Waals surface area contributed by atoms with Gasteiger partial charge in [0.25, 0.3) is 15.9 Å². The first-order valence-corrected chi connectivity index (χ1v) is 10.0. The minimum absolute atomic E-state index is 0.0153. The number of H-pyrrole nitrogens is 2. The van der Waals surface area contributed by atoms with Crippen LogP contribution in [0.1, 0.15) is 23.2 Å². The molecule has 0 atom stereocenters. The van der Waals surface area contributed by atoms with E-state index in [1.54, 1.807) is 23.1 Å². The lowest BCUT2D eigenvalue weighted by molar-refractivity contribution is 0.0793. The van der Waals surface area contributed by atoms with Crippen molar-refractivity contribution in [2.24, 2.45) is 0 Å². The molecule has 1 aliphatic rings. The Morgan fingerprint density at radius 3 is 2.52 bits per heavy atom. The highest BCUT2D eigenvalue weighted by Crippen LogP contribution is 2.21. The zero-order chi connectivity index (χ0) is 19.0. The molecule has 1 amide bonds. The van der Waals surface area contributed by atoms with Crippen LogP contribution in [0.2, 0.25) is 0 Å². The van der Waals surface area contributed by atoms with Gasteiger partial charge in [-0.3, -0.25) is 9.52 Å². The van der Waals surface area contributed by atoms with Gasteiger partial charge in [-0.25, -0.2) is 13.2 Å². The molecule has 4 rings (SSSR count). The van der Waals surface area contributed by atoms with Crippen molar-refractivity contribution in [3.63, 3.8) is 0 Å². The fourth-order valence-electron chi connectivity index (χ4n) is 3.21. The maximum absolute atomic E-state index is 12.7. The summed E-state index contributed by atoms with van der Waals surface area (Å²) >= 11 is 0. The minimum Gasteiger partial charge on any atom is -0.339 e. The molecule has 0 aliphatic carbocycles. The van der Waals surface area contributed by atoms with Crippen molar-refractivity contribution in [3.8, 4) is 0 Å². The van der Waals surface area contributed by atoms with Crippen LogP contribution in [-0.2, 0) is 10.0 Å². The number of likely N-dealkylation sites (tertiary alicyclic amines) is 1. The highest BCUT2D eigenvalue weighted by Gasteiger charge is 2.21. The van der Waals surface area contributed by atoms with E-state index >= 15 is 0 Å². The van der Waals surface area contributed by atoms with Gasteiger partial charge in [-0.15, -0.1) is 0 Å². The lowest BCUT2D eigenvalue weighted by Gasteiger charge is -2.16. The zero-order valence-corrected chi connectivity index (χ0v) is 15.2. The molecule has 2 heterocycles. The lowest BCUT2D eigenvalue weighted by Crippen LogP contribution is -2.27. The van der Waals surface area contributed by atoms with Gasteiger partial charge < -0.3 is 14.9 Å². The Hall–Kier alpha value is -3.07. The van der Waals surface area contributed by atoms with Crippen molar-refractivity contribution < 1.29 is 13.2 Å². The van der Waals surface area contributed by atoms with E-state index in [0.717, 1.165) is 25.9 Å². The van der Waals surface area contributed by atoms with E-state index in [-0.39, 0.29) is 10.8 Å². The van der Waals surface area contributed by atoms with Crippen LogP contribution in [0.25, 0.3) is 11.0 Å². The summed E-state index contributed by atoms with van der Waals surface area (Å²) in [7, 11) is -3.87. The summed E-state index contributed by atoms with van der Waals surface area (Å²) in [4.78, 5) is 30.7. The first-order chi connectivity index (χ1) is 12.9. The first-order valence-electron chi connectivity index (χ1n) is 8.57. The van der Waals surface area contributed by atoms with E-state index < -0.39 is 15.7 Å². The smallest absolute Gasteiger partial charge is 0.323 e. The Balaban J connectivity index is 1.60.